The SMILES string of the molecule is COc1ccc(C#N)cc1-c1cnccc1C. The van der Waals surface area contributed by atoms with Gasteiger partial charge in [-0.05, 0) is 36.8 Å². The first-order valence-electron chi connectivity index (χ1n) is 5.25. The molecule has 84 valence electrons. The summed E-state index contributed by atoms with van der Waals surface area (Å²) in [5, 5.41) is 8.94. The van der Waals surface area contributed by atoms with E-state index in [0.29, 0.717) is 5.56 Å². The number of hydrogen-bond acceptors (Lipinski definition) is 3. The van der Waals surface area contributed by atoms with Crippen molar-refractivity contribution in [1.82, 2.24) is 4.98 Å². The summed E-state index contributed by atoms with van der Waals surface area (Å²) in [5.41, 5.74) is 3.61. The van der Waals surface area contributed by atoms with Gasteiger partial charge in [0, 0.05) is 23.5 Å². The van der Waals surface area contributed by atoms with Gasteiger partial charge in [-0.15, -0.1) is 0 Å². The molecule has 0 saturated heterocycles. The first kappa shape index (κ1) is 11.2. The number of hydrogen-bond donors (Lipinski definition) is 0. The highest BCUT2D eigenvalue weighted by Gasteiger charge is 2.09. The molecule has 17 heavy (non-hydrogen) atoms. The van der Waals surface area contributed by atoms with Gasteiger partial charge in [0.1, 0.15) is 5.75 Å². The lowest BCUT2D eigenvalue weighted by molar-refractivity contribution is 0.416. The lowest BCUT2D eigenvalue weighted by Crippen LogP contribution is -1.91. The van der Waals surface area contributed by atoms with E-state index in [0.717, 1.165) is 22.4 Å². The fourth-order valence-corrected chi connectivity index (χ4v) is 1.73. The quantitative estimate of drug-likeness (QED) is 0.787. The Bertz CT molecular complexity index is 585. The fourth-order valence-electron chi connectivity index (χ4n) is 1.73. The number of rotatable bonds is 2. The van der Waals surface area contributed by atoms with Gasteiger partial charge in [0.15, 0.2) is 0 Å². The summed E-state index contributed by atoms with van der Waals surface area (Å²) in [6, 6.07) is 9.44. The maximum absolute atomic E-state index is 8.94. The van der Waals surface area contributed by atoms with Crippen LogP contribution in [0.2, 0.25) is 0 Å². The first-order valence-corrected chi connectivity index (χ1v) is 5.25. The number of benzene rings is 1. The van der Waals surface area contributed by atoms with E-state index in [1.54, 1.807) is 31.6 Å². The van der Waals surface area contributed by atoms with Gasteiger partial charge in [0.05, 0.1) is 18.7 Å². The minimum Gasteiger partial charge on any atom is -0.496 e. The van der Waals surface area contributed by atoms with Crippen LogP contribution in [0, 0.1) is 18.3 Å². The topological polar surface area (TPSA) is 45.9 Å². The molecular weight excluding hydrogens is 212 g/mol. The number of aryl methyl sites for hydroxylation is 1. The van der Waals surface area contributed by atoms with Crippen molar-refractivity contribution in [1.29, 1.82) is 5.26 Å². The molecule has 0 unspecified atom stereocenters. The molecule has 0 atom stereocenters. The van der Waals surface area contributed by atoms with Crippen LogP contribution in [0.1, 0.15) is 11.1 Å². The lowest BCUT2D eigenvalue weighted by Gasteiger charge is -2.10. The minimum atomic E-state index is 0.615. The molecule has 0 aliphatic heterocycles. The van der Waals surface area contributed by atoms with E-state index in [9.17, 15) is 0 Å². The van der Waals surface area contributed by atoms with Gasteiger partial charge in [0.2, 0.25) is 0 Å². The molecule has 1 aromatic heterocycles. The maximum atomic E-state index is 8.94. The average molecular weight is 224 g/mol. The zero-order valence-corrected chi connectivity index (χ0v) is 9.77. The van der Waals surface area contributed by atoms with Crippen LogP contribution in [0.15, 0.2) is 36.7 Å². The molecular formula is C14H12N2O. The Labute approximate surface area is 100 Å². The van der Waals surface area contributed by atoms with Crippen LogP contribution in [0.5, 0.6) is 5.75 Å². The van der Waals surface area contributed by atoms with Crippen LogP contribution in [0.25, 0.3) is 11.1 Å². The Balaban J connectivity index is 2.65. The molecule has 2 rings (SSSR count). The Morgan fingerprint density at radius 3 is 2.71 bits per heavy atom. The standard InChI is InChI=1S/C14H12N2O/c1-10-5-6-16-9-13(10)12-7-11(8-15)3-4-14(12)17-2/h3-7,9H,1-2H3. The number of pyridine rings is 1. The normalized spacial score (nSPS) is 9.71. The van der Waals surface area contributed by atoms with Crippen LogP contribution in [0.4, 0.5) is 0 Å². The summed E-state index contributed by atoms with van der Waals surface area (Å²) in [6.45, 7) is 2.01. The Kier molecular flexibility index (Phi) is 3.06. The Morgan fingerprint density at radius 1 is 1.24 bits per heavy atom. The molecule has 0 fully saturated rings. The van der Waals surface area contributed by atoms with E-state index in [2.05, 4.69) is 11.1 Å². The molecule has 1 aromatic carbocycles. The van der Waals surface area contributed by atoms with Gasteiger partial charge in [-0.25, -0.2) is 0 Å². The molecule has 0 aliphatic rings. The van der Waals surface area contributed by atoms with Gasteiger partial charge < -0.3 is 4.74 Å². The van der Waals surface area contributed by atoms with E-state index in [1.807, 2.05) is 19.1 Å². The van der Waals surface area contributed by atoms with Crippen molar-refractivity contribution in [2.75, 3.05) is 7.11 Å². The summed E-state index contributed by atoms with van der Waals surface area (Å²) in [6.07, 6.45) is 3.54. The number of nitrogens with zero attached hydrogens (tertiary/aromatic N) is 2. The molecule has 3 nitrogen and oxygen atoms in total. The maximum Gasteiger partial charge on any atom is 0.126 e. The average Bonchev–Trinajstić information content (AvgIpc) is 2.38. The molecule has 1 heterocycles. The third kappa shape index (κ3) is 2.11. The molecule has 3 heteroatoms. The summed E-state index contributed by atoms with van der Waals surface area (Å²) in [7, 11) is 1.62. The summed E-state index contributed by atoms with van der Waals surface area (Å²) in [4.78, 5) is 4.11. The van der Waals surface area contributed by atoms with Crippen molar-refractivity contribution in [2.45, 2.75) is 6.92 Å². The Hall–Kier alpha value is -2.34. The van der Waals surface area contributed by atoms with Gasteiger partial charge >= 0.3 is 0 Å². The third-order valence-electron chi connectivity index (χ3n) is 2.66. The summed E-state index contributed by atoms with van der Waals surface area (Å²) < 4.78 is 5.32. The molecule has 0 saturated carbocycles. The first-order chi connectivity index (χ1) is 8.26. The highest BCUT2D eigenvalue weighted by molar-refractivity contribution is 5.73. The summed E-state index contributed by atoms with van der Waals surface area (Å²) >= 11 is 0. The number of nitriles is 1. The minimum absolute atomic E-state index is 0.615. The van der Waals surface area contributed by atoms with Crippen molar-refractivity contribution in [3.05, 3.63) is 47.8 Å². The predicted molar refractivity (Wildman–Crippen MR) is 65.7 cm³/mol. The van der Waals surface area contributed by atoms with Crippen LogP contribution in [0.3, 0.4) is 0 Å². The van der Waals surface area contributed by atoms with Crippen molar-refractivity contribution >= 4 is 0 Å². The zero-order chi connectivity index (χ0) is 12.3. The van der Waals surface area contributed by atoms with Crippen LogP contribution in [-0.4, -0.2) is 12.1 Å². The third-order valence-corrected chi connectivity index (χ3v) is 2.66. The molecule has 0 radical (unpaired) electrons. The van der Waals surface area contributed by atoms with E-state index < -0.39 is 0 Å². The predicted octanol–water partition coefficient (Wildman–Crippen LogP) is 2.94. The zero-order valence-electron chi connectivity index (χ0n) is 9.77. The second-order valence-electron chi connectivity index (χ2n) is 3.72. The van der Waals surface area contributed by atoms with Gasteiger partial charge in [-0.1, -0.05) is 0 Å². The molecule has 2 aromatic rings. The van der Waals surface area contributed by atoms with Gasteiger partial charge in [-0.2, -0.15) is 5.26 Å². The van der Waals surface area contributed by atoms with Crippen molar-refractivity contribution in [3.8, 4) is 22.9 Å². The van der Waals surface area contributed by atoms with Gasteiger partial charge in [0.25, 0.3) is 0 Å². The number of methoxy groups -OCH3 is 1. The fraction of sp³-hybridized carbons (Fsp3) is 0.143. The van der Waals surface area contributed by atoms with Crippen molar-refractivity contribution in [3.63, 3.8) is 0 Å². The van der Waals surface area contributed by atoms with Crippen LogP contribution < -0.4 is 4.74 Å². The van der Waals surface area contributed by atoms with Crippen molar-refractivity contribution < 1.29 is 4.74 Å². The van der Waals surface area contributed by atoms with Crippen LogP contribution >= 0.6 is 0 Å². The second kappa shape index (κ2) is 4.67. The molecule has 0 N–H and O–H groups in total. The highest BCUT2D eigenvalue weighted by atomic mass is 16.5. The van der Waals surface area contributed by atoms with Crippen molar-refractivity contribution in [2.24, 2.45) is 0 Å². The molecule has 0 bridgehead atoms. The van der Waals surface area contributed by atoms with E-state index in [-0.39, 0.29) is 0 Å². The summed E-state index contributed by atoms with van der Waals surface area (Å²) in [5.74, 6) is 0.750. The monoisotopic (exact) mass is 224 g/mol. The second-order valence-corrected chi connectivity index (χ2v) is 3.72. The van der Waals surface area contributed by atoms with E-state index in [1.165, 1.54) is 0 Å². The highest BCUT2D eigenvalue weighted by Crippen LogP contribution is 2.32. The molecule has 0 spiro atoms. The molecule has 0 aliphatic carbocycles. The number of ether oxygens (including phenoxy) is 1. The van der Waals surface area contributed by atoms with E-state index in [4.69, 9.17) is 10.00 Å². The number of aromatic nitrogens is 1. The Morgan fingerprint density at radius 2 is 2.06 bits per heavy atom. The lowest BCUT2D eigenvalue weighted by atomic mass is 10.0. The van der Waals surface area contributed by atoms with E-state index >= 15 is 0 Å². The van der Waals surface area contributed by atoms with Gasteiger partial charge in [-0.3, -0.25) is 4.98 Å². The van der Waals surface area contributed by atoms with Crippen LogP contribution in [-0.2, 0) is 0 Å². The molecule has 0 amide bonds. The largest absolute Gasteiger partial charge is 0.496 e. The smallest absolute Gasteiger partial charge is 0.126 e.